The molecule has 0 aliphatic carbocycles. The van der Waals surface area contributed by atoms with Gasteiger partial charge in [0.05, 0.1) is 0 Å². The van der Waals surface area contributed by atoms with Gasteiger partial charge in [-0.1, -0.05) is 13.8 Å². The zero-order chi connectivity index (χ0) is 9.07. The van der Waals surface area contributed by atoms with E-state index < -0.39 is 12.3 Å². The normalized spacial score (nSPS) is 15.5. The first-order valence-corrected chi connectivity index (χ1v) is 4.25. The van der Waals surface area contributed by atoms with Gasteiger partial charge < -0.3 is 5.11 Å². The van der Waals surface area contributed by atoms with Crippen molar-refractivity contribution in [1.82, 2.24) is 0 Å². The molecule has 0 amide bonds. The summed E-state index contributed by atoms with van der Waals surface area (Å²) in [7, 11) is 0. The van der Waals surface area contributed by atoms with E-state index in [2.05, 4.69) is 0 Å². The molecule has 0 saturated heterocycles. The third-order valence-corrected chi connectivity index (χ3v) is 2.14. The van der Waals surface area contributed by atoms with Crippen LogP contribution in [0, 0.1) is 0 Å². The van der Waals surface area contributed by atoms with Crippen molar-refractivity contribution in [3.05, 3.63) is 0 Å². The highest BCUT2D eigenvalue weighted by Crippen LogP contribution is 2.24. The molecule has 1 nitrogen and oxygen atoms in total. The first-order chi connectivity index (χ1) is 4.84. The standard InChI is InChI=1S/C6H11F3OS/c1-4(2)11-3-5(10)6(7,8)9/h4-5,10H,3H2,1-2H3. The predicted octanol–water partition coefficient (Wildman–Crippen LogP) is 2.05. The van der Waals surface area contributed by atoms with Crippen LogP contribution in [0.1, 0.15) is 13.8 Å². The summed E-state index contributed by atoms with van der Waals surface area (Å²) >= 11 is 1.10. The predicted molar refractivity (Wildman–Crippen MR) is 39.7 cm³/mol. The Morgan fingerprint density at radius 2 is 1.82 bits per heavy atom. The maximum absolute atomic E-state index is 11.6. The maximum Gasteiger partial charge on any atom is 0.415 e. The molecule has 0 aromatic heterocycles. The summed E-state index contributed by atoms with van der Waals surface area (Å²) in [5.41, 5.74) is 0. The van der Waals surface area contributed by atoms with Gasteiger partial charge in [-0.05, 0) is 5.25 Å². The van der Waals surface area contributed by atoms with Crippen molar-refractivity contribution in [3.63, 3.8) is 0 Å². The highest BCUT2D eigenvalue weighted by Gasteiger charge is 2.37. The largest absolute Gasteiger partial charge is 0.415 e. The molecule has 5 heteroatoms. The summed E-state index contributed by atoms with van der Waals surface area (Å²) < 4.78 is 34.9. The molecule has 68 valence electrons. The fraction of sp³-hybridized carbons (Fsp3) is 1.00. The minimum absolute atomic E-state index is 0.118. The number of aliphatic hydroxyl groups excluding tert-OH is 1. The second kappa shape index (κ2) is 4.21. The van der Waals surface area contributed by atoms with Gasteiger partial charge in [-0.25, -0.2) is 0 Å². The van der Waals surface area contributed by atoms with Crippen LogP contribution in [0.5, 0.6) is 0 Å². The third-order valence-electron chi connectivity index (χ3n) is 0.965. The van der Waals surface area contributed by atoms with Gasteiger partial charge in [0.25, 0.3) is 0 Å². The van der Waals surface area contributed by atoms with E-state index in [1.54, 1.807) is 13.8 Å². The molecule has 0 radical (unpaired) electrons. The Kier molecular flexibility index (Phi) is 4.25. The van der Waals surface area contributed by atoms with Crippen molar-refractivity contribution in [1.29, 1.82) is 0 Å². The van der Waals surface area contributed by atoms with Crippen LogP contribution in [0.4, 0.5) is 13.2 Å². The quantitative estimate of drug-likeness (QED) is 0.731. The van der Waals surface area contributed by atoms with Gasteiger partial charge in [-0.15, -0.1) is 0 Å². The summed E-state index contributed by atoms with van der Waals surface area (Å²) in [4.78, 5) is 0. The Morgan fingerprint density at radius 1 is 1.36 bits per heavy atom. The first-order valence-electron chi connectivity index (χ1n) is 3.20. The number of aliphatic hydroxyl groups is 1. The van der Waals surface area contributed by atoms with Crippen LogP contribution in [-0.2, 0) is 0 Å². The van der Waals surface area contributed by atoms with Gasteiger partial charge in [-0.3, -0.25) is 0 Å². The number of rotatable bonds is 3. The summed E-state index contributed by atoms with van der Waals surface area (Å²) in [6.45, 7) is 3.57. The molecular weight excluding hydrogens is 177 g/mol. The molecule has 0 rings (SSSR count). The lowest BCUT2D eigenvalue weighted by atomic mass is 10.4. The minimum atomic E-state index is -4.47. The number of hydrogen-bond acceptors (Lipinski definition) is 2. The van der Waals surface area contributed by atoms with Crippen LogP contribution in [0.15, 0.2) is 0 Å². The number of alkyl halides is 3. The van der Waals surface area contributed by atoms with E-state index in [0.29, 0.717) is 0 Å². The molecular formula is C6H11F3OS. The van der Waals surface area contributed by atoms with Gasteiger partial charge in [0, 0.05) is 5.75 Å². The van der Waals surface area contributed by atoms with Crippen LogP contribution in [0.2, 0.25) is 0 Å². The van der Waals surface area contributed by atoms with Gasteiger partial charge >= 0.3 is 6.18 Å². The molecule has 0 aliphatic heterocycles. The molecule has 0 saturated carbocycles. The molecule has 0 fully saturated rings. The summed E-state index contributed by atoms with van der Waals surface area (Å²) in [6, 6.07) is 0. The molecule has 11 heavy (non-hydrogen) atoms. The molecule has 1 unspecified atom stereocenters. The Labute approximate surface area is 68.0 Å². The number of thioether (sulfide) groups is 1. The van der Waals surface area contributed by atoms with Crippen LogP contribution in [0.25, 0.3) is 0 Å². The van der Waals surface area contributed by atoms with E-state index in [1.165, 1.54) is 0 Å². The second-order valence-electron chi connectivity index (χ2n) is 2.44. The number of halogens is 3. The van der Waals surface area contributed by atoms with E-state index in [-0.39, 0.29) is 11.0 Å². The summed E-state index contributed by atoms with van der Waals surface area (Å²) in [6.07, 6.45) is -6.66. The average Bonchev–Trinajstić information content (AvgIpc) is 1.80. The van der Waals surface area contributed by atoms with Crippen molar-refractivity contribution >= 4 is 11.8 Å². The highest BCUT2D eigenvalue weighted by molar-refractivity contribution is 7.99. The van der Waals surface area contributed by atoms with Gasteiger partial charge in [0.2, 0.25) is 0 Å². The second-order valence-corrected chi connectivity index (χ2v) is 4.05. The smallest absolute Gasteiger partial charge is 0.383 e. The summed E-state index contributed by atoms with van der Waals surface area (Å²) in [5, 5.41) is 8.61. The van der Waals surface area contributed by atoms with Crippen molar-refractivity contribution in [2.24, 2.45) is 0 Å². The topological polar surface area (TPSA) is 20.2 Å². The number of hydrogen-bond donors (Lipinski definition) is 1. The van der Waals surface area contributed by atoms with E-state index in [1.807, 2.05) is 0 Å². The molecule has 0 aromatic rings. The Hall–Kier alpha value is 0.100. The highest BCUT2D eigenvalue weighted by atomic mass is 32.2. The van der Waals surface area contributed by atoms with Gasteiger partial charge in [0.15, 0.2) is 6.10 Å². The van der Waals surface area contributed by atoms with Crippen molar-refractivity contribution in [2.45, 2.75) is 31.4 Å². The third kappa shape index (κ3) is 5.38. The van der Waals surface area contributed by atoms with Crippen LogP contribution >= 0.6 is 11.8 Å². The molecule has 1 atom stereocenters. The van der Waals surface area contributed by atoms with Crippen molar-refractivity contribution < 1.29 is 18.3 Å². The monoisotopic (exact) mass is 188 g/mol. The van der Waals surface area contributed by atoms with Gasteiger partial charge in [0.1, 0.15) is 0 Å². The maximum atomic E-state index is 11.6. The molecule has 0 bridgehead atoms. The van der Waals surface area contributed by atoms with Crippen molar-refractivity contribution in [3.8, 4) is 0 Å². The molecule has 0 aromatic carbocycles. The lowest BCUT2D eigenvalue weighted by molar-refractivity contribution is -0.195. The Morgan fingerprint density at radius 3 is 2.09 bits per heavy atom. The van der Waals surface area contributed by atoms with E-state index >= 15 is 0 Å². The molecule has 0 heterocycles. The SMILES string of the molecule is CC(C)SCC(O)C(F)(F)F. The zero-order valence-electron chi connectivity index (χ0n) is 6.35. The molecule has 1 N–H and O–H groups in total. The lowest BCUT2D eigenvalue weighted by Crippen LogP contribution is -2.31. The van der Waals surface area contributed by atoms with Crippen LogP contribution in [0.3, 0.4) is 0 Å². The van der Waals surface area contributed by atoms with E-state index in [9.17, 15) is 13.2 Å². The van der Waals surface area contributed by atoms with Crippen LogP contribution in [-0.4, -0.2) is 28.4 Å². The fourth-order valence-corrected chi connectivity index (χ4v) is 1.13. The van der Waals surface area contributed by atoms with Gasteiger partial charge in [-0.2, -0.15) is 24.9 Å². The van der Waals surface area contributed by atoms with E-state index in [4.69, 9.17) is 5.11 Å². The summed E-state index contributed by atoms with van der Waals surface area (Å²) in [5.74, 6) is -0.277. The van der Waals surface area contributed by atoms with Crippen LogP contribution < -0.4 is 0 Å². The fourth-order valence-electron chi connectivity index (χ4n) is 0.378. The lowest BCUT2D eigenvalue weighted by Gasteiger charge is -2.14. The molecule has 0 spiro atoms. The molecule has 0 aliphatic rings. The first kappa shape index (κ1) is 11.1. The Bertz CT molecular complexity index is 113. The van der Waals surface area contributed by atoms with Crippen molar-refractivity contribution in [2.75, 3.05) is 5.75 Å². The van der Waals surface area contributed by atoms with E-state index in [0.717, 1.165) is 11.8 Å². The average molecular weight is 188 g/mol. The minimum Gasteiger partial charge on any atom is -0.383 e. The zero-order valence-corrected chi connectivity index (χ0v) is 7.17. The Balaban J connectivity index is 3.61.